The molecule has 8 nitrogen and oxygen atoms in total. The van der Waals surface area contributed by atoms with Crippen molar-refractivity contribution in [2.75, 3.05) is 29.5 Å². The van der Waals surface area contributed by atoms with Gasteiger partial charge in [0.05, 0.1) is 16.5 Å². The van der Waals surface area contributed by atoms with Crippen molar-refractivity contribution in [1.82, 2.24) is 9.97 Å². The first-order valence-electron chi connectivity index (χ1n) is 8.43. The lowest BCUT2D eigenvalue weighted by atomic mass is 10.1. The quantitative estimate of drug-likeness (QED) is 0.693. The molecule has 4 heterocycles. The van der Waals surface area contributed by atoms with Gasteiger partial charge in [-0.1, -0.05) is 18.3 Å². The molecule has 2 fully saturated rings. The van der Waals surface area contributed by atoms with E-state index in [1.165, 1.54) is 11.8 Å². The highest BCUT2D eigenvalue weighted by Crippen LogP contribution is 2.50. The van der Waals surface area contributed by atoms with Crippen LogP contribution in [0.5, 0.6) is 0 Å². The monoisotopic (exact) mass is 366 g/mol. The lowest BCUT2D eigenvalue weighted by Gasteiger charge is -2.28. The minimum Gasteiger partial charge on any atom is -0.394 e. The van der Waals surface area contributed by atoms with E-state index in [9.17, 15) is 15.3 Å². The molecule has 0 radical (unpaired) electrons. The van der Waals surface area contributed by atoms with E-state index in [2.05, 4.69) is 21.4 Å². The van der Waals surface area contributed by atoms with E-state index >= 15 is 0 Å². The summed E-state index contributed by atoms with van der Waals surface area (Å²) < 4.78 is 5.68. The number of nitrogens with zero attached hydrogens (tertiary/aromatic N) is 4. The Labute approximate surface area is 150 Å². The molecule has 4 rings (SSSR count). The van der Waals surface area contributed by atoms with Crippen LogP contribution in [0.15, 0.2) is 16.5 Å². The predicted octanol–water partition coefficient (Wildman–Crippen LogP) is 0.208. The molecule has 1 aromatic rings. The fourth-order valence-corrected chi connectivity index (χ4v) is 4.60. The highest BCUT2D eigenvalue weighted by Gasteiger charge is 2.49. The molecule has 2 saturated heterocycles. The fourth-order valence-electron chi connectivity index (χ4n) is 3.57. The third-order valence-electron chi connectivity index (χ3n) is 4.84. The number of aliphatic hydroxyl groups excluding tert-OH is 3. The summed E-state index contributed by atoms with van der Waals surface area (Å²) in [5, 5.41) is 30.4. The van der Waals surface area contributed by atoms with Crippen LogP contribution in [0.25, 0.3) is 0 Å². The molecule has 0 bridgehead atoms. The van der Waals surface area contributed by atoms with Crippen molar-refractivity contribution in [3.05, 3.63) is 17.4 Å². The summed E-state index contributed by atoms with van der Waals surface area (Å²) in [7, 11) is 0. The first kappa shape index (κ1) is 17.0. The molecular weight excluding hydrogens is 344 g/mol. The number of hydrogen-bond donors (Lipinski definition) is 3. The normalized spacial score (nSPS) is 31.9. The summed E-state index contributed by atoms with van der Waals surface area (Å²) in [4.78, 5) is 14.0. The summed E-state index contributed by atoms with van der Waals surface area (Å²) in [6.07, 6.45) is -1.70. The SMILES string of the molecule is C=C1Sc2c(N3CCCC3)nc(C)nc2N1[C@@H]1O[C@H](CO)[C@@H](O)[C@H]1O. The Morgan fingerprint density at radius 1 is 1.20 bits per heavy atom. The van der Waals surface area contributed by atoms with E-state index in [0.29, 0.717) is 16.7 Å². The molecule has 0 amide bonds. The standard InChI is InChI=1S/C16H22N4O4S/c1-8-17-14(19-5-3-4-6-19)13-15(18-8)20(9(2)25-13)16-12(23)11(22)10(7-21)24-16/h10-12,16,21-23H,2-7H2,1H3/t10-,11-,12-,16-/m1/s1. The number of hydrogen-bond acceptors (Lipinski definition) is 9. The second-order valence-corrected chi connectivity index (χ2v) is 7.62. The zero-order valence-corrected chi connectivity index (χ0v) is 14.8. The van der Waals surface area contributed by atoms with Crippen LogP contribution in [-0.2, 0) is 4.74 Å². The van der Waals surface area contributed by atoms with Crippen LogP contribution in [0, 0.1) is 6.92 Å². The number of aryl methyl sites for hydroxylation is 1. The predicted molar refractivity (Wildman–Crippen MR) is 93.5 cm³/mol. The molecule has 136 valence electrons. The van der Waals surface area contributed by atoms with Crippen LogP contribution >= 0.6 is 11.8 Å². The molecule has 0 spiro atoms. The molecule has 3 N–H and O–H groups in total. The summed E-state index contributed by atoms with van der Waals surface area (Å²) in [6.45, 7) is 7.46. The van der Waals surface area contributed by atoms with Gasteiger partial charge in [-0.05, 0) is 19.8 Å². The largest absolute Gasteiger partial charge is 0.394 e. The van der Waals surface area contributed by atoms with E-state index in [1.807, 2.05) is 6.92 Å². The van der Waals surface area contributed by atoms with Gasteiger partial charge in [-0.25, -0.2) is 9.97 Å². The van der Waals surface area contributed by atoms with Crippen molar-refractivity contribution in [2.24, 2.45) is 0 Å². The molecule has 0 aromatic carbocycles. The molecule has 3 aliphatic rings. The van der Waals surface area contributed by atoms with Crippen LogP contribution < -0.4 is 9.80 Å². The Balaban J connectivity index is 1.73. The van der Waals surface area contributed by atoms with E-state index in [1.54, 1.807) is 4.90 Å². The number of fused-ring (bicyclic) bond motifs is 1. The van der Waals surface area contributed by atoms with Crippen LogP contribution in [0.4, 0.5) is 11.6 Å². The second kappa shape index (κ2) is 6.40. The molecule has 4 atom stereocenters. The summed E-state index contributed by atoms with van der Waals surface area (Å²) in [5.74, 6) is 2.16. The molecular formula is C16H22N4O4S. The summed E-state index contributed by atoms with van der Waals surface area (Å²) >= 11 is 1.45. The van der Waals surface area contributed by atoms with Crippen LogP contribution in [0.1, 0.15) is 18.7 Å². The molecule has 9 heteroatoms. The lowest BCUT2D eigenvalue weighted by molar-refractivity contribution is -0.0205. The minimum atomic E-state index is -1.16. The van der Waals surface area contributed by atoms with Crippen molar-refractivity contribution < 1.29 is 20.1 Å². The Hall–Kier alpha value is -1.39. The third-order valence-corrected chi connectivity index (χ3v) is 5.84. The smallest absolute Gasteiger partial charge is 0.165 e. The first-order chi connectivity index (χ1) is 12.0. The zero-order valence-electron chi connectivity index (χ0n) is 14.0. The van der Waals surface area contributed by atoms with Crippen molar-refractivity contribution in [3.63, 3.8) is 0 Å². The van der Waals surface area contributed by atoms with Gasteiger partial charge >= 0.3 is 0 Å². The molecule has 0 aliphatic carbocycles. The van der Waals surface area contributed by atoms with Gasteiger partial charge in [0, 0.05) is 13.1 Å². The third kappa shape index (κ3) is 2.70. The highest BCUT2D eigenvalue weighted by molar-refractivity contribution is 8.03. The van der Waals surface area contributed by atoms with Gasteiger partial charge in [0.15, 0.2) is 12.0 Å². The zero-order chi connectivity index (χ0) is 17.7. The summed E-state index contributed by atoms with van der Waals surface area (Å²) in [5.41, 5.74) is 0. The van der Waals surface area contributed by atoms with E-state index in [0.717, 1.165) is 36.6 Å². The maximum absolute atomic E-state index is 10.4. The van der Waals surface area contributed by atoms with Crippen molar-refractivity contribution in [1.29, 1.82) is 0 Å². The Morgan fingerprint density at radius 2 is 1.88 bits per heavy atom. The van der Waals surface area contributed by atoms with Gasteiger partial charge in [0.2, 0.25) is 0 Å². The van der Waals surface area contributed by atoms with Crippen molar-refractivity contribution in [3.8, 4) is 0 Å². The maximum Gasteiger partial charge on any atom is 0.165 e. The Morgan fingerprint density at radius 3 is 2.52 bits per heavy atom. The van der Waals surface area contributed by atoms with Crippen LogP contribution in [0.3, 0.4) is 0 Å². The van der Waals surface area contributed by atoms with E-state index in [-0.39, 0.29) is 6.61 Å². The van der Waals surface area contributed by atoms with E-state index in [4.69, 9.17) is 4.74 Å². The average molecular weight is 366 g/mol. The number of ether oxygens (including phenoxy) is 1. The number of rotatable bonds is 3. The summed E-state index contributed by atoms with van der Waals surface area (Å²) in [6, 6.07) is 0. The maximum atomic E-state index is 10.4. The van der Waals surface area contributed by atoms with Gasteiger partial charge < -0.3 is 25.0 Å². The van der Waals surface area contributed by atoms with Gasteiger partial charge in [0.25, 0.3) is 0 Å². The van der Waals surface area contributed by atoms with Gasteiger partial charge in [-0.15, -0.1) is 0 Å². The molecule has 0 saturated carbocycles. The van der Waals surface area contributed by atoms with Crippen LogP contribution in [0.2, 0.25) is 0 Å². The number of aromatic nitrogens is 2. The number of aliphatic hydroxyl groups is 3. The minimum absolute atomic E-state index is 0.364. The molecule has 25 heavy (non-hydrogen) atoms. The van der Waals surface area contributed by atoms with E-state index < -0.39 is 24.5 Å². The fraction of sp³-hybridized carbons (Fsp3) is 0.625. The molecule has 3 aliphatic heterocycles. The topological polar surface area (TPSA) is 102 Å². The van der Waals surface area contributed by atoms with Gasteiger partial charge in [-0.3, -0.25) is 4.90 Å². The van der Waals surface area contributed by atoms with Crippen molar-refractivity contribution >= 4 is 23.4 Å². The highest BCUT2D eigenvalue weighted by atomic mass is 32.2. The second-order valence-electron chi connectivity index (χ2n) is 6.54. The Bertz CT molecular complexity index is 697. The lowest BCUT2D eigenvalue weighted by Crippen LogP contribution is -2.42. The molecule has 1 aromatic heterocycles. The first-order valence-corrected chi connectivity index (χ1v) is 9.25. The average Bonchev–Trinajstić information content (AvgIpc) is 3.28. The van der Waals surface area contributed by atoms with Gasteiger partial charge in [-0.2, -0.15) is 0 Å². The Kier molecular flexibility index (Phi) is 4.37. The van der Waals surface area contributed by atoms with Crippen molar-refractivity contribution in [2.45, 2.75) is 49.2 Å². The number of thioether (sulfide) groups is 1. The molecule has 0 unspecified atom stereocenters. The van der Waals surface area contributed by atoms with Crippen LogP contribution in [-0.4, -0.2) is 69.5 Å². The van der Waals surface area contributed by atoms with Gasteiger partial charge in [0.1, 0.15) is 30.0 Å². The number of anilines is 2.